The van der Waals surface area contributed by atoms with E-state index in [-0.39, 0.29) is 18.0 Å². The van der Waals surface area contributed by atoms with Gasteiger partial charge >= 0.3 is 6.03 Å². The fraction of sp³-hybridized carbons (Fsp3) is 0.500. The Morgan fingerprint density at radius 3 is 2.68 bits per heavy atom. The second-order valence-corrected chi connectivity index (χ2v) is 5.83. The molecule has 2 aliphatic heterocycles. The van der Waals surface area contributed by atoms with Crippen molar-refractivity contribution in [2.45, 2.75) is 25.5 Å². The molecule has 118 valence electrons. The number of ether oxygens (including phenoxy) is 1. The van der Waals surface area contributed by atoms with Crippen molar-refractivity contribution < 1.29 is 14.3 Å². The fourth-order valence-corrected chi connectivity index (χ4v) is 2.80. The van der Waals surface area contributed by atoms with Crippen molar-refractivity contribution in [1.82, 2.24) is 15.1 Å². The van der Waals surface area contributed by atoms with E-state index in [1.807, 2.05) is 18.2 Å². The molecule has 3 rings (SSSR count). The molecule has 1 N–H and O–H groups in total. The van der Waals surface area contributed by atoms with Crippen molar-refractivity contribution in [3.8, 4) is 5.75 Å². The standard InChI is InChI=1S/C16H21N3O3/c1-3-11-6-4-5-7-14(11)22-12-8-19(9-12)15(20)13-10-18(2)16(21)17-13/h4-7,12-13H,3,8-10H2,1-2H3,(H,17,21). The van der Waals surface area contributed by atoms with E-state index in [1.165, 1.54) is 10.5 Å². The third kappa shape index (κ3) is 2.73. The molecule has 0 saturated carbocycles. The van der Waals surface area contributed by atoms with Crippen molar-refractivity contribution >= 4 is 11.9 Å². The van der Waals surface area contributed by atoms with Crippen LogP contribution in [-0.2, 0) is 11.2 Å². The van der Waals surface area contributed by atoms with Gasteiger partial charge in [0.2, 0.25) is 5.91 Å². The van der Waals surface area contributed by atoms with Gasteiger partial charge in [-0.05, 0) is 18.1 Å². The lowest BCUT2D eigenvalue weighted by atomic mass is 10.1. The number of likely N-dealkylation sites (N-methyl/N-ethyl adjacent to an activating group) is 1. The van der Waals surface area contributed by atoms with Crippen LogP contribution in [0.3, 0.4) is 0 Å². The predicted octanol–water partition coefficient (Wildman–Crippen LogP) is 0.862. The van der Waals surface area contributed by atoms with Crippen LogP contribution in [0.25, 0.3) is 0 Å². The molecule has 2 heterocycles. The highest BCUT2D eigenvalue weighted by Gasteiger charge is 2.39. The molecule has 0 aromatic heterocycles. The lowest BCUT2D eigenvalue weighted by molar-refractivity contribution is -0.141. The second-order valence-electron chi connectivity index (χ2n) is 5.83. The van der Waals surface area contributed by atoms with Crippen LogP contribution in [0, 0.1) is 0 Å². The summed E-state index contributed by atoms with van der Waals surface area (Å²) in [6.45, 7) is 3.68. The lowest BCUT2D eigenvalue weighted by Crippen LogP contribution is -2.60. The van der Waals surface area contributed by atoms with Gasteiger partial charge in [0.05, 0.1) is 19.6 Å². The third-order valence-electron chi connectivity index (χ3n) is 4.21. The van der Waals surface area contributed by atoms with Crippen LogP contribution in [0.2, 0.25) is 0 Å². The van der Waals surface area contributed by atoms with Gasteiger partial charge in [0.1, 0.15) is 17.9 Å². The van der Waals surface area contributed by atoms with Crippen molar-refractivity contribution in [3.05, 3.63) is 29.8 Å². The van der Waals surface area contributed by atoms with Crippen LogP contribution >= 0.6 is 0 Å². The zero-order valence-electron chi connectivity index (χ0n) is 12.9. The van der Waals surface area contributed by atoms with Crippen LogP contribution in [0.4, 0.5) is 4.79 Å². The molecule has 2 aliphatic rings. The Kier molecular flexibility index (Phi) is 3.92. The Hall–Kier alpha value is -2.24. The van der Waals surface area contributed by atoms with Gasteiger partial charge in [0, 0.05) is 7.05 Å². The molecule has 2 saturated heterocycles. The van der Waals surface area contributed by atoms with Gasteiger partial charge < -0.3 is 19.9 Å². The number of aryl methyl sites for hydroxylation is 1. The number of para-hydroxylation sites is 1. The van der Waals surface area contributed by atoms with Gasteiger partial charge in [0.15, 0.2) is 0 Å². The Balaban J connectivity index is 1.52. The number of carbonyl (C=O) groups excluding carboxylic acids is 2. The minimum Gasteiger partial charge on any atom is -0.486 e. The summed E-state index contributed by atoms with van der Waals surface area (Å²) in [4.78, 5) is 26.9. The summed E-state index contributed by atoms with van der Waals surface area (Å²) in [5.41, 5.74) is 1.18. The summed E-state index contributed by atoms with van der Waals surface area (Å²) in [5, 5.41) is 2.69. The molecule has 0 spiro atoms. The van der Waals surface area contributed by atoms with Gasteiger partial charge in [-0.25, -0.2) is 4.79 Å². The normalized spacial score (nSPS) is 21.5. The molecular formula is C16H21N3O3. The Morgan fingerprint density at radius 2 is 2.05 bits per heavy atom. The van der Waals surface area contributed by atoms with E-state index in [9.17, 15) is 9.59 Å². The lowest BCUT2D eigenvalue weighted by Gasteiger charge is -2.40. The minimum absolute atomic E-state index is 0.0265. The molecule has 22 heavy (non-hydrogen) atoms. The number of amides is 3. The minimum atomic E-state index is -0.429. The maximum absolute atomic E-state index is 12.3. The largest absolute Gasteiger partial charge is 0.486 e. The number of rotatable bonds is 4. The van der Waals surface area contributed by atoms with E-state index in [0.717, 1.165) is 12.2 Å². The van der Waals surface area contributed by atoms with E-state index < -0.39 is 6.04 Å². The molecule has 1 aromatic carbocycles. The van der Waals surface area contributed by atoms with E-state index in [0.29, 0.717) is 19.6 Å². The average molecular weight is 303 g/mol. The number of hydrogen-bond donors (Lipinski definition) is 1. The number of hydrogen-bond acceptors (Lipinski definition) is 3. The van der Waals surface area contributed by atoms with E-state index in [1.54, 1.807) is 11.9 Å². The average Bonchev–Trinajstić information content (AvgIpc) is 2.82. The van der Waals surface area contributed by atoms with Gasteiger partial charge in [-0.3, -0.25) is 4.79 Å². The maximum Gasteiger partial charge on any atom is 0.317 e. The van der Waals surface area contributed by atoms with Gasteiger partial charge in [-0.15, -0.1) is 0 Å². The predicted molar refractivity (Wildman–Crippen MR) is 81.8 cm³/mol. The van der Waals surface area contributed by atoms with Crippen LogP contribution in [0.15, 0.2) is 24.3 Å². The fourth-order valence-electron chi connectivity index (χ4n) is 2.80. The van der Waals surface area contributed by atoms with E-state index in [2.05, 4.69) is 18.3 Å². The molecular weight excluding hydrogens is 282 g/mol. The Morgan fingerprint density at radius 1 is 1.32 bits per heavy atom. The van der Waals surface area contributed by atoms with E-state index >= 15 is 0 Å². The summed E-state index contributed by atoms with van der Waals surface area (Å²) in [5.74, 6) is 0.873. The summed E-state index contributed by atoms with van der Waals surface area (Å²) >= 11 is 0. The van der Waals surface area contributed by atoms with Gasteiger partial charge in [0.25, 0.3) is 0 Å². The monoisotopic (exact) mass is 303 g/mol. The molecule has 1 aromatic rings. The number of nitrogens with zero attached hydrogens (tertiary/aromatic N) is 2. The molecule has 6 nitrogen and oxygen atoms in total. The Labute approximate surface area is 130 Å². The highest BCUT2D eigenvalue weighted by molar-refractivity contribution is 5.90. The molecule has 0 bridgehead atoms. The zero-order valence-corrected chi connectivity index (χ0v) is 12.9. The molecule has 3 amide bonds. The first kappa shape index (κ1) is 14.7. The quantitative estimate of drug-likeness (QED) is 0.897. The number of likely N-dealkylation sites (tertiary alicyclic amines) is 1. The van der Waals surface area contributed by atoms with Crippen molar-refractivity contribution in [1.29, 1.82) is 0 Å². The highest BCUT2D eigenvalue weighted by Crippen LogP contribution is 2.23. The first-order valence-corrected chi connectivity index (χ1v) is 7.63. The summed E-state index contributed by atoms with van der Waals surface area (Å²) in [6, 6.07) is 7.36. The molecule has 1 unspecified atom stereocenters. The SMILES string of the molecule is CCc1ccccc1OC1CN(C(=O)C2CN(C)C(=O)N2)C1. The Bertz CT molecular complexity index is 584. The molecule has 0 aliphatic carbocycles. The molecule has 1 atom stereocenters. The third-order valence-corrected chi connectivity index (χ3v) is 4.21. The maximum atomic E-state index is 12.3. The van der Waals surface area contributed by atoms with Gasteiger partial charge in [-0.1, -0.05) is 25.1 Å². The number of nitrogens with one attached hydrogen (secondary N) is 1. The number of benzene rings is 1. The van der Waals surface area contributed by atoms with Crippen LogP contribution in [0.5, 0.6) is 5.75 Å². The smallest absolute Gasteiger partial charge is 0.317 e. The van der Waals surface area contributed by atoms with Crippen LogP contribution in [-0.4, -0.2) is 60.6 Å². The van der Waals surface area contributed by atoms with E-state index in [4.69, 9.17) is 4.74 Å². The number of urea groups is 1. The molecule has 2 fully saturated rings. The second kappa shape index (κ2) is 5.87. The number of carbonyl (C=O) groups is 2. The first-order valence-electron chi connectivity index (χ1n) is 7.63. The van der Waals surface area contributed by atoms with Crippen LogP contribution < -0.4 is 10.1 Å². The van der Waals surface area contributed by atoms with Crippen molar-refractivity contribution in [2.75, 3.05) is 26.7 Å². The topological polar surface area (TPSA) is 61.9 Å². The summed E-state index contributed by atoms with van der Waals surface area (Å²) in [7, 11) is 1.69. The van der Waals surface area contributed by atoms with Crippen molar-refractivity contribution in [3.63, 3.8) is 0 Å². The first-order chi connectivity index (χ1) is 10.6. The van der Waals surface area contributed by atoms with Gasteiger partial charge in [-0.2, -0.15) is 0 Å². The van der Waals surface area contributed by atoms with Crippen LogP contribution in [0.1, 0.15) is 12.5 Å². The summed E-state index contributed by atoms with van der Waals surface area (Å²) < 4.78 is 5.97. The molecule has 6 heteroatoms. The summed E-state index contributed by atoms with van der Waals surface area (Å²) in [6.07, 6.45) is 0.956. The highest BCUT2D eigenvalue weighted by atomic mass is 16.5. The molecule has 0 radical (unpaired) electrons. The van der Waals surface area contributed by atoms with Crippen molar-refractivity contribution in [2.24, 2.45) is 0 Å². The zero-order chi connectivity index (χ0) is 15.7.